The molecule has 2 rings (SSSR count). The van der Waals surface area contributed by atoms with Crippen molar-refractivity contribution in [3.8, 4) is 5.75 Å². The highest BCUT2D eigenvalue weighted by molar-refractivity contribution is 6.42. The molecular formula is C18H27Cl3N2O3. The lowest BCUT2D eigenvalue weighted by Crippen LogP contribution is -2.41. The van der Waals surface area contributed by atoms with Gasteiger partial charge in [0.05, 0.1) is 17.7 Å². The minimum Gasteiger partial charge on any atom is -0.492 e. The largest absolute Gasteiger partial charge is 0.492 e. The second-order valence-corrected chi connectivity index (χ2v) is 6.88. The van der Waals surface area contributed by atoms with E-state index in [1.807, 2.05) is 4.90 Å². The second-order valence-electron chi connectivity index (χ2n) is 6.10. The molecule has 8 heteroatoms. The van der Waals surface area contributed by atoms with Crippen molar-refractivity contribution in [1.29, 1.82) is 0 Å². The number of rotatable bonds is 9. The molecule has 1 aliphatic rings. The lowest BCUT2D eigenvalue weighted by molar-refractivity contribution is -0.134. The van der Waals surface area contributed by atoms with Gasteiger partial charge in [-0.15, -0.1) is 12.4 Å². The maximum Gasteiger partial charge on any atom is 0.222 e. The Hall–Kier alpha value is -0.720. The molecule has 0 radical (unpaired) electrons. The summed E-state index contributed by atoms with van der Waals surface area (Å²) in [5.41, 5.74) is 5.46. The molecule has 5 nitrogen and oxygen atoms in total. The van der Waals surface area contributed by atoms with Gasteiger partial charge in [-0.1, -0.05) is 29.3 Å². The van der Waals surface area contributed by atoms with Crippen LogP contribution in [0.5, 0.6) is 5.75 Å². The van der Waals surface area contributed by atoms with Crippen LogP contribution in [-0.4, -0.2) is 49.8 Å². The summed E-state index contributed by atoms with van der Waals surface area (Å²) in [6.07, 6.45) is 4.04. The first-order chi connectivity index (χ1) is 12.1. The summed E-state index contributed by atoms with van der Waals surface area (Å²) >= 11 is 12.0. The molecule has 148 valence electrons. The third-order valence-corrected chi connectivity index (χ3v) is 5.01. The lowest BCUT2D eigenvalue weighted by Gasteiger charge is -2.32. The van der Waals surface area contributed by atoms with E-state index in [0.717, 1.165) is 32.4 Å². The molecule has 0 aliphatic carbocycles. The molecule has 0 atom stereocenters. The first-order valence-corrected chi connectivity index (χ1v) is 9.53. The van der Waals surface area contributed by atoms with Crippen molar-refractivity contribution in [2.45, 2.75) is 38.2 Å². The number of carbonyl (C=O) groups excluding carboxylic acids is 1. The third-order valence-electron chi connectivity index (χ3n) is 4.21. The Morgan fingerprint density at radius 1 is 1.19 bits per heavy atom. The van der Waals surface area contributed by atoms with Crippen LogP contribution in [0.1, 0.15) is 32.1 Å². The minimum atomic E-state index is 0. The van der Waals surface area contributed by atoms with E-state index in [-0.39, 0.29) is 24.4 Å². The van der Waals surface area contributed by atoms with E-state index in [0.29, 0.717) is 48.4 Å². The normalized spacial score (nSPS) is 14.8. The van der Waals surface area contributed by atoms with Gasteiger partial charge in [0, 0.05) is 26.1 Å². The summed E-state index contributed by atoms with van der Waals surface area (Å²) < 4.78 is 11.4. The Morgan fingerprint density at radius 3 is 2.62 bits per heavy atom. The number of piperidine rings is 1. The Balaban J connectivity index is 0.00000338. The molecule has 0 saturated carbocycles. The van der Waals surface area contributed by atoms with E-state index in [4.69, 9.17) is 38.4 Å². The fraction of sp³-hybridized carbons (Fsp3) is 0.611. The summed E-state index contributed by atoms with van der Waals surface area (Å²) in [6, 6.07) is 5.27. The summed E-state index contributed by atoms with van der Waals surface area (Å²) in [5.74, 6) is 0.721. The van der Waals surface area contributed by atoms with E-state index < -0.39 is 0 Å². The highest BCUT2D eigenvalue weighted by Crippen LogP contribution is 2.31. The highest BCUT2D eigenvalue weighted by atomic mass is 35.5. The number of likely N-dealkylation sites (tertiary alicyclic amines) is 1. The topological polar surface area (TPSA) is 64.8 Å². The third kappa shape index (κ3) is 7.49. The van der Waals surface area contributed by atoms with Crippen LogP contribution in [0.2, 0.25) is 10.0 Å². The molecule has 26 heavy (non-hydrogen) atoms. The van der Waals surface area contributed by atoms with Crippen LogP contribution in [0.25, 0.3) is 0 Å². The van der Waals surface area contributed by atoms with Crippen molar-refractivity contribution in [3.05, 3.63) is 28.2 Å². The van der Waals surface area contributed by atoms with Crippen molar-refractivity contribution in [3.63, 3.8) is 0 Å². The molecule has 1 aliphatic heterocycles. The van der Waals surface area contributed by atoms with Crippen LogP contribution >= 0.6 is 35.6 Å². The number of carbonyl (C=O) groups is 1. The van der Waals surface area contributed by atoms with Gasteiger partial charge < -0.3 is 20.1 Å². The maximum atomic E-state index is 12.3. The van der Waals surface area contributed by atoms with Gasteiger partial charge in [-0.05, 0) is 44.4 Å². The molecule has 1 saturated heterocycles. The van der Waals surface area contributed by atoms with Gasteiger partial charge in [0.15, 0.2) is 0 Å². The Bertz CT molecular complexity index is 552. The van der Waals surface area contributed by atoms with Crippen molar-refractivity contribution < 1.29 is 14.3 Å². The minimum absolute atomic E-state index is 0. The summed E-state index contributed by atoms with van der Waals surface area (Å²) in [6.45, 7) is 3.31. The Morgan fingerprint density at radius 2 is 1.92 bits per heavy atom. The molecule has 0 spiro atoms. The van der Waals surface area contributed by atoms with Gasteiger partial charge in [-0.25, -0.2) is 0 Å². The standard InChI is InChI=1S/C18H26Cl2N2O3.ClH/c19-15-4-1-5-16(18(15)20)25-12-2-6-17(23)22-10-7-14(8-11-22)24-13-3-9-21;/h1,4-5,14H,2-3,6-13,21H2;1H. The molecular weight excluding hydrogens is 399 g/mol. The van der Waals surface area contributed by atoms with Crippen LogP contribution < -0.4 is 10.5 Å². The molecule has 0 unspecified atom stereocenters. The zero-order chi connectivity index (χ0) is 18.1. The molecule has 1 fully saturated rings. The van der Waals surface area contributed by atoms with Crippen LogP contribution in [0.15, 0.2) is 18.2 Å². The van der Waals surface area contributed by atoms with E-state index in [2.05, 4.69) is 0 Å². The van der Waals surface area contributed by atoms with E-state index in [1.165, 1.54) is 0 Å². The molecule has 1 amide bonds. The molecule has 0 aromatic heterocycles. The fourth-order valence-corrected chi connectivity index (χ4v) is 3.11. The Kier molecular flexibility index (Phi) is 11.3. The molecule has 2 N–H and O–H groups in total. The van der Waals surface area contributed by atoms with Crippen molar-refractivity contribution in [2.24, 2.45) is 5.73 Å². The average molecular weight is 426 g/mol. The van der Waals surface area contributed by atoms with Crippen LogP contribution in [0, 0.1) is 0 Å². The number of nitrogens with two attached hydrogens (primary N) is 1. The second kappa shape index (κ2) is 12.6. The first-order valence-electron chi connectivity index (χ1n) is 8.78. The first kappa shape index (κ1) is 23.3. The number of hydrogen-bond donors (Lipinski definition) is 1. The van der Waals surface area contributed by atoms with Crippen LogP contribution in [0.3, 0.4) is 0 Å². The summed E-state index contributed by atoms with van der Waals surface area (Å²) in [7, 11) is 0. The van der Waals surface area contributed by atoms with Crippen molar-refractivity contribution >= 4 is 41.5 Å². The monoisotopic (exact) mass is 424 g/mol. The van der Waals surface area contributed by atoms with Gasteiger partial charge in [0.1, 0.15) is 10.8 Å². The quantitative estimate of drug-likeness (QED) is 0.609. The molecule has 1 aromatic carbocycles. The number of hydrogen-bond acceptors (Lipinski definition) is 4. The zero-order valence-corrected chi connectivity index (χ0v) is 17.1. The van der Waals surface area contributed by atoms with Crippen molar-refractivity contribution in [2.75, 3.05) is 32.8 Å². The zero-order valence-electron chi connectivity index (χ0n) is 14.8. The van der Waals surface area contributed by atoms with Gasteiger partial charge in [-0.2, -0.15) is 0 Å². The lowest BCUT2D eigenvalue weighted by atomic mass is 10.1. The number of ether oxygens (including phenoxy) is 2. The highest BCUT2D eigenvalue weighted by Gasteiger charge is 2.22. The van der Waals surface area contributed by atoms with Gasteiger partial charge in [0.25, 0.3) is 0 Å². The predicted molar refractivity (Wildman–Crippen MR) is 108 cm³/mol. The maximum absolute atomic E-state index is 12.3. The molecule has 1 heterocycles. The predicted octanol–water partition coefficient (Wildman–Crippen LogP) is 3.93. The van der Waals surface area contributed by atoms with E-state index >= 15 is 0 Å². The van der Waals surface area contributed by atoms with Crippen molar-refractivity contribution in [1.82, 2.24) is 4.90 Å². The van der Waals surface area contributed by atoms with E-state index in [1.54, 1.807) is 18.2 Å². The van der Waals surface area contributed by atoms with Gasteiger partial charge in [0.2, 0.25) is 5.91 Å². The summed E-state index contributed by atoms with van der Waals surface area (Å²) in [5, 5.41) is 0.874. The van der Waals surface area contributed by atoms with Crippen LogP contribution in [0.4, 0.5) is 0 Å². The number of halogens is 3. The number of benzene rings is 1. The van der Waals surface area contributed by atoms with E-state index in [9.17, 15) is 4.79 Å². The number of amides is 1. The SMILES string of the molecule is Cl.NCCCOC1CCN(C(=O)CCCOc2cccc(Cl)c2Cl)CC1. The smallest absolute Gasteiger partial charge is 0.222 e. The molecule has 0 bridgehead atoms. The summed E-state index contributed by atoms with van der Waals surface area (Å²) in [4.78, 5) is 14.2. The van der Waals surface area contributed by atoms with Gasteiger partial charge in [-0.3, -0.25) is 4.79 Å². The average Bonchev–Trinajstić information content (AvgIpc) is 2.62. The van der Waals surface area contributed by atoms with Crippen LogP contribution in [-0.2, 0) is 9.53 Å². The van der Waals surface area contributed by atoms with Gasteiger partial charge >= 0.3 is 0 Å². The fourth-order valence-electron chi connectivity index (χ4n) is 2.76. The number of nitrogens with zero attached hydrogens (tertiary/aromatic N) is 1. The molecule has 1 aromatic rings. The Labute approximate surface area is 171 Å².